The summed E-state index contributed by atoms with van der Waals surface area (Å²) in [4.78, 5) is 7.81. The van der Waals surface area contributed by atoms with Crippen molar-refractivity contribution in [3.63, 3.8) is 0 Å². The Labute approximate surface area is 71.2 Å². The smallest absolute Gasteiger partial charge is 0.0997 e. The van der Waals surface area contributed by atoms with Gasteiger partial charge in [-0.3, -0.25) is 9.97 Å². The lowest BCUT2D eigenvalue weighted by Crippen LogP contribution is -2.03. The average molecular weight is 168 g/mol. The van der Waals surface area contributed by atoms with Crippen molar-refractivity contribution in [1.29, 1.82) is 0 Å². The molecule has 1 aromatic rings. The van der Waals surface area contributed by atoms with Crippen LogP contribution in [0.25, 0.3) is 0 Å². The summed E-state index contributed by atoms with van der Waals surface area (Å²) >= 11 is 0. The molecule has 0 aliphatic heterocycles. The predicted molar refractivity (Wildman–Crippen MR) is 43.5 cm³/mol. The largest absolute Gasteiger partial charge is 0.387 e. The van der Waals surface area contributed by atoms with Gasteiger partial charge in [0.25, 0.3) is 0 Å². The molecular weight excluding hydrogens is 156 g/mol. The number of nitrogens with zero attached hydrogens (tertiary/aromatic N) is 2. The van der Waals surface area contributed by atoms with Crippen LogP contribution in [-0.4, -0.2) is 28.8 Å². The summed E-state index contributed by atoms with van der Waals surface area (Å²) in [5.74, 6) is 0. The van der Waals surface area contributed by atoms with Gasteiger partial charge in [0, 0.05) is 32.5 Å². The van der Waals surface area contributed by atoms with E-state index in [4.69, 9.17) is 4.74 Å². The van der Waals surface area contributed by atoms with Crippen molar-refractivity contribution in [1.82, 2.24) is 9.97 Å². The van der Waals surface area contributed by atoms with Gasteiger partial charge >= 0.3 is 0 Å². The van der Waals surface area contributed by atoms with Gasteiger partial charge in [0.05, 0.1) is 18.0 Å². The van der Waals surface area contributed by atoms with Crippen LogP contribution in [0.15, 0.2) is 18.6 Å². The zero-order valence-electron chi connectivity index (χ0n) is 6.97. The zero-order valence-corrected chi connectivity index (χ0v) is 6.97. The maximum absolute atomic E-state index is 9.47. The molecule has 0 amide bonds. The van der Waals surface area contributed by atoms with Crippen LogP contribution in [0.1, 0.15) is 18.2 Å². The summed E-state index contributed by atoms with van der Waals surface area (Å²) in [6, 6.07) is 0. The molecule has 4 nitrogen and oxygen atoms in total. The van der Waals surface area contributed by atoms with Crippen molar-refractivity contribution < 1.29 is 9.84 Å². The Hall–Kier alpha value is -1.00. The molecule has 0 bridgehead atoms. The first-order valence-electron chi connectivity index (χ1n) is 3.77. The standard InChI is InChI=1S/C8H12N2O2/c1-12-5-2-8(11)7-6-9-3-4-10-7/h3-4,6,8,11H,2,5H2,1H3. The van der Waals surface area contributed by atoms with E-state index in [2.05, 4.69) is 9.97 Å². The van der Waals surface area contributed by atoms with Crippen molar-refractivity contribution >= 4 is 0 Å². The molecule has 1 heterocycles. The number of aromatic nitrogens is 2. The Balaban J connectivity index is 2.48. The van der Waals surface area contributed by atoms with E-state index >= 15 is 0 Å². The Bertz CT molecular complexity index is 216. The molecule has 1 aromatic heterocycles. The number of rotatable bonds is 4. The van der Waals surface area contributed by atoms with Crippen LogP contribution in [0.4, 0.5) is 0 Å². The quantitative estimate of drug-likeness (QED) is 0.713. The van der Waals surface area contributed by atoms with Gasteiger partial charge in [0.2, 0.25) is 0 Å². The SMILES string of the molecule is COCCC(O)c1cnccn1. The highest BCUT2D eigenvalue weighted by atomic mass is 16.5. The van der Waals surface area contributed by atoms with Crippen molar-refractivity contribution in [2.75, 3.05) is 13.7 Å². The highest BCUT2D eigenvalue weighted by molar-refractivity contribution is 4.98. The van der Waals surface area contributed by atoms with E-state index in [1.54, 1.807) is 25.7 Å². The van der Waals surface area contributed by atoms with Gasteiger partial charge in [-0.15, -0.1) is 0 Å². The lowest BCUT2D eigenvalue weighted by atomic mass is 10.2. The first kappa shape index (κ1) is 9.09. The van der Waals surface area contributed by atoms with E-state index in [1.807, 2.05) is 0 Å². The zero-order chi connectivity index (χ0) is 8.81. The van der Waals surface area contributed by atoms with Crippen molar-refractivity contribution in [2.24, 2.45) is 0 Å². The molecule has 0 fully saturated rings. The Kier molecular flexibility index (Phi) is 3.63. The Morgan fingerprint density at radius 1 is 1.58 bits per heavy atom. The number of aliphatic hydroxyl groups excluding tert-OH is 1. The summed E-state index contributed by atoms with van der Waals surface area (Å²) in [6.07, 6.45) is 4.67. The first-order valence-corrected chi connectivity index (χ1v) is 3.77. The van der Waals surface area contributed by atoms with Crippen LogP contribution in [0.3, 0.4) is 0 Å². The lowest BCUT2D eigenvalue weighted by Gasteiger charge is -2.07. The summed E-state index contributed by atoms with van der Waals surface area (Å²) in [6.45, 7) is 0.526. The molecule has 1 atom stereocenters. The van der Waals surface area contributed by atoms with Crippen LogP contribution in [0.2, 0.25) is 0 Å². The van der Waals surface area contributed by atoms with Gasteiger partial charge in [0.1, 0.15) is 0 Å². The van der Waals surface area contributed by atoms with Crippen molar-refractivity contribution in [3.8, 4) is 0 Å². The third-order valence-corrected chi connectivity index (χ3v) is 1.52. The van der Waals surface area contributed by atoms with Gasteiger partial charge < -0.3 is 9.84 Å². The monoisotopic (exact) mass is 168 g/mol. The van der Waals surface area contributed by atoms with Crippen LogP contribution >= 0.6 is 0 Å². The van der Waals surface area contributed by atoms with Gasteiger partial charge in [-0.1, -0.05) is 0 Å². The second kappa shape index (κ2) is 4.79. The molecule has 0 aliphatic rings. The number of methoxy groups -OCH3 is 1. The second-order valence-electron chi connectivity index (χ2n) is 2.43. The van der Waals surface area contributed by atoms with Crippen molar-refractivity contribution in [2.45, 2.75) is 12.5 Å². The fourth-order valence-corrected chi connectivity index (χ4v) is 0.860. The van der Waals surface area contributed by atoms with Crippen molar-refractivity contribution in [3.05, 3.63) is 24.3 Å². The molecule has 12 heavy (non-hydrogen) atoms. The summed E-state index contributed by atoms with van der Waals surface area (Å²) in [5.41, 5.74) is 0.592. The highest BCUT2D eigenvalue weighted by Crippen LogP contribution is 2.11. The van der Waals surface area contributed by atoms with E-state index in [1.165, 1.54) is 0 Å². The fourth-order valence-electron chi connectivity index (χ4n) is 0.860. The molecule has 66 valence electrons. The molecule has 0 aromatic carbocycles. The molecule has 1 N–H and O–H groups in total. The number of ether oxygens (including phenoxy) is 1. The van der Waals surface area contributed by atoms with E-state index in [-0.39, 0.29) is 0 Å². The first-order chi connectivity index (χ1) is 5.84. The van der Waals surface area contributed by atoms with Gasteiger partial charge in [-0.25, -0.2) is 0 Å². The highest BCUT2D eigenvalue weighted by Gasteiger charge is 2.07. The molecule has 0 saturated carbocycles. The molecule has 1 rings (SSSR count). The van der Waals surface area contributed by atoms with E-state index < -0.39 is 6.10 Å². The molecule has 0 radical (unpaired) electrons. The van der Waals surface area contributed by atoms with E-state index in [0.717, 1.165) is 0 Å². The van der Waals surface area contributed by atoms with Gasteiger partial charge in [0.15, 0.2) is 0 Å². The minimum Gasteiger partial charge on any atom is -0.387 e. The maximum atomic E-state index is 9.47. The number of hydrogen-bond acceptors (Lipinski definition) is 4. The molecule has 4 heteroatoms. The molecule has 0 aliphatic carbocycles. The number of hydrogen-bond donors (Lipinski definition) is 1. The Morgan fingerprint density at radius 3 is 3.00 bits per heavy atom. The number of aliphatic hydroxyl groups is 1. The third kappa shape index (κ3) is 2.56. The minimum atomic E-state index is -0.571. The topological polar surface area (TPSA) is 55.2 Å². The third-order valence-electron chi connectivity index (χ3n) is 1.52. The summed E-state index contributed by atoms with van der Waals surface area (Å²) in [5, 5.41) is 9.47. The maximum Gasteiger partial charge on any atom is 0.0997 e. The molecule has 0 saturated heterocycles. The lowest BCUT2D eigenvalue weighted by molar-refractivity contribution is 0.107. The van der Waals surface area contributed by atoms with E-state index in [9.17, 15) is 5.11 Å². The van der Waals surface area contributed by atoms with E-state index in [0.29, 0.717) is 18.7 Å². The average Bonchev–Trinajstić information content (AvgIpc) is 2.15. The van der Waals surface area contributed by atoms with Crippen LogP contribution in [0, 0.1) is 0 Å². The second-order valence-corrected chi connectivity index (χ2v) is 2.43. The van der Waals surface area contributed by atoms with Crippen LogP contribution in [0.5, 0.6) is 0 Å². The van der Waals surface area contributed by atoms with Gasteiger partial charge in [-0.2, -0.15) is 0 Å². The Morgan fingerprint density at radius 2 is 2.42 bits per heavy atom. The van der Waals surface area contributed by atoms with Crippen LogP contribution in [-0.2, 0) is 4.74 Å². The predicted octanol–water partition coefficient (Wildman–Crippen LogP) is 0.546. The molecular formula is C8H12N2O2. The molecule has 0 spiro atoms. The summed E-state index contributed by atoms with van der Waals surface area (Å²) < 4.78 is 4.83. The minimum absolute atomic E-state index is 0.526. The van der Waals surface area contributed by atoms with Gasteiger partial charge in [-0.05, 0) is 0 Å². The molecule has 1 unspecified atom stereocenters. The van der Waals surface area contributed by atoms with Crippen LogP contribution < -0.4 is 0 Å². The fraction of sp³-hybridized carbons (Fsp3) is 0.500. The summed E-state index contributed by atoms with van der Waals surface area (Å²) in [7, 11) is 1.60. The normalized spacial score (nSPS) is 12.8.